The molecule has 0 aliphatic heterocycles. The van der Waals surface area contributed by atoms with Crippen molar-refractivity contribution in [1.82, 2.24) is 10.6 Å². The molecule has 94 valence electrons. The third-order valence-corrected chi connectivity index (χ3v) is 2.48. The normalized spacial score (nSPS) is 10.1. The van der Waals surface area contributed by atoms with E-state index in [-0.39, 0.29) is 18.3 Å². The third-order valence-electron chi connectivity index (χ3n) is 2.48. The van der Waals surface area contributed by atoms with Gasteiger partial charge in [0.05, 0.1) is 6.54 Å². The van der Waals surface area contributed by atoms with Gasteiger partial charge < -0.3 is 15.5 Å². The molecule has 0 saturated heterocycles. The zero-order valence-corrected chi connectivity index (χ0v) is 10.4. The Hall–Kier alpha value is -1.62. The molecule has 1 amide bonds. The monoisotopic (exact) mass is 239 g/mol. The van der Waals surface area contributed by atoms with Gasteiger partial charge in [-0.2, -0.15) is 0 Å². The Morgan fingerprint density at radius 3 is 2.71 bits per heavy atom. The molecule has 0 bridgehead atoms. The number of halogens is 1. The molecular weight excluding hydrogens is 221 g/mol. The van der Waals surface area contributed by atoms with Gasteiger partial charge in [0.25, 0.3) is 0 Å². The zero-order chi connectivity index (χ0) is 12.8. The molecule has 17 heavy (non-hydrogen) atoms. The van der Waals surface area contributed by atoms with Crippen LogP contribution in [0.3, 0.4) is 0 Å². The number of anilines is 1. The second-order valence-electron chi connectivity index (χ2n) is 3.83. The van der Waals surface area contributed by atoms with Gasteiger partial charge in [0.1, 0.15) is 5.82 Å². The molecule has 0 atom stereocenters. The molecular formula is C12H18FN3O. The van der Waals surface area contributed by atoms with E-state index in [9.17, 15) is 9.18 Å². The van der Waals surface area contributed by atoms with Crippen LogP contribution >= 0.6 is 0 Å². The Labute approximate surface area is 101 Å². The summed E-state index contributed by atoms with van der Waals surface area (Å²) in [6, 6.07) is 4.56. The number of benzene rings is 1. The minimum atomic E-state index is -0.271. The summed E-state index contributed by atoms with van der Waals surface area (Å²) in [5.41, 5.74) is 1.68. The Bertz CT molecular complexity index is 395. The Morgan fingerprint density at radius 2 is 2.12 bits per heavy atom. The van der Waals surface area contributed by atoms with E-state index in [0.29, 0.717) is 6.54 Å². The minimum absolute atomic E-state index is 0.0766. The van der Waals surface area contributed by atoms with Gasteiger partial charge in [-0.05, 0) is 30.8 Å². The second-order valence-corrected chi connectivity index (χ2v) is 3.83. The summed E-state index contributed by atoms with van der Waals surface area (Å²) in [6.07, 6.45) is 0. The fourth-order valence-corrected chi connectivity index (χ4v) is 1.64. The molecule has 0 radical (unpaired) electrons. The van der Waals surface area contributed by atoms with E-state index in [2.05, 4.69) is 10.6 Å². The van der Waals surface area contributed by atoms with Gasteiger partial charge in [-0.3, -0.25) is 4.79 Å². The first-order valence-electron chi connectivity index (χ1n) is 5.43. The lowest BCUT2D eigenvalue weighted by Crippen LogP contribution is -2.33. The third kappa shape index (κ3) is 3.71. The highest BCUT2D eigenvalue weighted by molar-refractivity contribution is 5.81. The van der Waals surface area contributed by atoms with Crippen molar-refractivity contribution < 1.29 is 9.18 Å². The van der Waals surface area contributed by atoms with Crippen molar-refractivity contribution in [1.29, 1.82) is 0 Å². The van der Waals surface area contributed by atoms with Crippen LogP contribution in [0.4, 0.5) is 10.1 Å². The molecule has 0 unspecified atom stereocenters. The summed E-state index contributed by atoms with van der Waals surface area (Å²) in [5, 5.41) is 5.54. The number of carbonyl (C=O) groups is 1. The predicted molar refractivity (Wildman–Crippen MR) is 66.5 cm³/mol. The number of amides is 1. The molecule has 2 N–H and O–H groups in total. The number of likely N-dealkylation sites (N-methyl/N-ethyl adjacent to an activating group) is 2. The fourth-order valence-electron chi connectivity index (χ4n) is 1.64. The van der Waals surface area contributed by atoms with E-state index < -0.39 is 0 Å². The second kappa shape index (κ2) is 6.20. The van der Waals surface area contributed by atoms with Gasteiger partial charge in [0.15, 0.2) is 0 Å². The average molecular weight is 239 g/mol. The van der Waals surface area contributed by atoms with Crippen LogP contribution in [0.25, 0.3) is 0 Å². The number of hydrogen-bond acceptors (Lipinski definition) is 3. The first-order chi connectivity index (χ1) is 8.08. The lowest BCUT2D eigenvalue weighted by Gasteiger charge is -2.21. The van der Waals surface area contributed by atoms with E-state index in [1.165, 1.54) is 12.1 Å². The maximum atomic E-state index is 13.1. The van der Waals surface area contributed by atoms with E-state index in [1.54, 1.807) is 25.1 Å². The highest BCUT2D eigenvalue weighted by Gasteiger charge is 2.10. The summed E-state index contributed by atoms with van der Waals surface area (Å²) >= 11 is 0. The summed E-state index contributed by atoms with van der Waals surface area (Å²) in [7, 11) is 5.20. The van der Waals surface area contributed by atoms with Gasteiger partial charge in [-0.15, -0.1) is 0 Å². The molecule has 0 aliphatic rings. The molecule has 0 aromatic heterocycles. The van der Waals surface area contributed by atoms with E-state index in [1.807, 2.05) is 7.05 Å². The number of hydrogen-bond donors (Lipinski definition) is 2. The highest BCUT2D eigenvalue weighted by Crippen LogP contribution is 2.20. The predicted octanol–water partition coefficient (Wildman–Crippen LogP) is 0.727. The van der Waals surface area contributed by atoms with Gasteiger partial charge in [-0.25, -0.2) is 4.39 Å². The lowest BCUT2D eigenvalue weighted by atomic mass is 10.1. The largest absolute Gasteiger partial charge is 0.365 e. The number of nitrogens with zero attached hydrogens (tertiary/aromatic N) is 1. The molecule has 4 nitrogen and oxygen atoms in total. The van der Waals surface area contributed by atoms with Gasteiger partial charge in [0, 0.05) is 26.3 Å². The van der Waals surface area contributed by atoms with Crippen molar-refractivity contribution in [3.63, 3.8) is 0 Å². The topological polar surface area (TPSA) is 44.4 Å². The lowest BCUT2D eigenvalue weighted by molar-refractivity contribution is -0.119. The van der Waals surface area contributed by atoms with Crippen molar-refractivity contribution in [2.75, 3.05) is 32.6 Å². The van der Waals surface area contributed by atoms with Crippen LogP contribution in [0, 0.1) is 5.82 Å². The fraction of sp³-hybridized carbons (Fsp3) is 0.417. The molecule has 0 heterocycles. The Kier molecular flexibility index (Phi) is 4.90. The van der Waals surface area contributed by atoms with Crippen LogP contribution in [-0.4, -0.2) is 33.6 Å². The van der Waals surface area contributed by atoms with E-state index in [0.717, 1.165) is 11.3 Å². The summed E-state index contributed by atoms with van der Waals surface area (Å²) in [5.74, 6) is -0.348. The summed E-state index contributed by atoms with van der Waals surface area (Å²) in [4.78, 5) is 13.1. The van der Waals surface area contributed by atoms with Crippen molar-refractivity contribution >= 4 is 11.6 Å². The standard InChI is InChI=1S/C12H18FN3O/c1-14-7-9-6-10(13)4-5-11(9)16(3)8-12(17)15-2/h4-6,14H,7-8H2,1-3H3,(H,15,17). The van der Waals surface area contributed by atoms with Gasteiger partial charge in [-0.1, -0.05) is 0 Å². The molecule has 1 aromatic rings. The van der Waals surface area contributed by atoms with Crippen molar-refractivity contribution in [3.05, 3.63) is 29.6 Å². The SMILES string of the molecule is CNCc1cc(F)ccc1N(C)CC(=O)NC. The summed E-state index contributed by atoms with van der Waals surface area (Å²) < 4.78 is 13.1. The molecule has 1 aromatic carbocycles. The highest BCUT2D eigenvalue weighted by atomic mass is 19.1. The Morgan fingerprint density at radius 1 is 1.41 bits per heavy atom. The Balaban J connectivity index is 2.91. The zero-order valence-electron chi connectivity index (χ0n) is 10.4. The van der Waals surface area contributed by atoms with Crippen molar-refractivity contribution in [3.8, 4) is 0 Å². The molecule has 5 heteroatoms. The quantitative estimate of drug-likeness (QED) is 0.796. The number of nitrogens with one attached hydrogen (secondary N) is 2. The van der Waals surface area contributed by atoms with E-state index in [4.69, 9.17) is 0 Å². The first kappa shape index (κ1) is 13.4. The smallest absolute Gasteiger partial charge is 0.239 e. The van der Waals surface area contributed by atoms with Crippen molar-refractivity contribution in [2.45, 2.75) is 6.54 Å². The van der Waals surface area contributed by atoms with E-state index >= 15 is 0 Å². The van der Waals surface area contributed by atoms with Crippen molar-refractivity contribution in [2.24, 2.45) is 0 Å². The van der Waals surface area contributed by atoms with Crippen LogP contribution in [0.2, 0.25) is 0 Å². The first-order valence-corrected chi connectivity index (χ1v) is 5.43. The van der Waals surface area contributed by atoms with Crippen LogP contribution in [-0.2, 0) is 11.3 Å². The summed E-state index contributed by atoms with van der Waals surface area (Å²) in [6.45, 7) is 0.810. The minimum Gasteiger partial charge on any atom is -0.365 e. The maximum Gasteiger partial charge on any atom is 0.239 e. The van der Waals surface area contributed by atoms with Crippen LogP contribution < -0.4 is 15.5 Å². The molecule has 1 rings (SSSR count). The van der Waals surface area contributed by atoms with Gasteiger partial charge in [0.2, 0.25) is 5.91 Å². The number of rotatable bonds is 5. The van der Waals surface area contributed by atoms with Gasteiger partial charge >= 0.3 is 0 Å². The maximum absolute atomic E-state index is 13.1. The molecule has 0 spiro atoms. The molecule has 0 fully saturated rings. The van der Waals surface area contributed by atoms with Crippen LogP contribution in [0.1, 0.15) is 5.56 Å². The van der Waals surface area contributed by atoms with Crippen LogP contribution in [0.15, 0.2) is 18.2 Å². The molecule has 0 saturated carbocycles. The number of carbonyl (C=O) groups excluding carboxylic acids is 1. The van der Waals surface area contributed by atoms with Crippen LogP contribution in [0.5, 0.6) is 0 Å². The molecule has 0 aliphatic carbocycles. The average Bonchev–Trinajstić information content (AvgIpc) is 2.29.